The minimum Gasteiger partial charge on any atom is -0.484 e. The van der Waals surface area contributed by atoms with Crippen molar-refractivity contribution >= 4 is 17.5 Å². The molecule has 2 aromatic rings. The molecule has 2 aromatic carbocycles. The van der Waals surface area contributed by atoms with E-state index in [2.05, 4.69) is 12.2 Å². The molecule has 0 saturated carbocycles. The fourth-order valence-corrected chi connectivity index (χ4v) is 3.14. The molecule has 142 valence electrons. The van der Waals surface area contributed by atoms with Crippen LogP contribution in [0.15, 0.2) is 48.5 Å². The average Bonchev–Trinajstić information content (AvgIpc) is 2.73. The number of hydrogen-bond donors (Lipinski definition) is 1. The van der Waals surface area contributed by atoms with Crippen LogP contribution in [0.5, 0.6) is 5.75 Å². The summed E-state index contributed by atoms with van der Waals surface area (Å²) in [6.07, 6.45) is 4.30. The Hall–Kier alpha value is -2.82. The molecule has 1 heterocycles. The van der Waals surface area contributed by atoms with Crippen LogP contribution in [0.25, 0.3) is 0 Å². The number of likely N-dealkylation sites (tertiary alicyclic amines) is 1. The lowest BCUT2D eigenvalue weighted by molar-refractivity contribution is -0.118. The second-order valence-electron chi connectivity index (χ2n) is 6.76. The van der Waals surface area contributed by atoms with Gasteiger partial charge in [0.25, 0.3) is 11.8 Å². The van der Waals surface area contributed by atoms with Crippen LogP contribution in [0.1, 0.15) is 42.1 Å². The van der Waals surface area contributed by atoms with Gasteiger partial charge in [0.15, 0.2) is 6.61 Å². The number of nitrogens with zero attached hydrogens (tertiary/aromatic N) is 1. The maximum absolute atomic E-state index is 12.5. The van der Waals surface area contributed by atoms with E-state index in [0.717, 1.165) is 32.4 Å². The molecule has 0 bridgehead atoms. The number of ether oxygens (including phenoxy) is 1. The van der Waals surface area contributed by atoms with Crippen molar-refractivity contribution in [2.24, 2.45) is 0 Å². The zero-order valence-electron chi connectivity index (χ0n) is 15.7. The third kappa shape index (κ3) is 5.33. The van der Waals surface area contributed by atoms with E-state index in [9.17, 15) is 9.59 Å². The fraction of sp³-hybridized carbons (Fsp3) is 0.364. The SMILES string of the molecule is CCc1ccc(OCC(=O)Nc2ccc(C(=O)N3CCCCC3)cc2)cc1. The number of benzene rings is 2. The topological polar surface area (TPSA) is 58.6 Å². The van der Waals surface area contributed by atoms with Crippen LogP contribution < -0.4 is 10.1 Å². The Kier molecular flexibility index (Phi) is 6.47. The van der Waals surface area contributed by atoms with Gasteiger partial charge in [0.2, 0.25) is 0 Å². The Balaban J connectivity index is 1.49. The van der Waals surface area contributed by atoms with Crippen molar-refractivity contribution in [3.63, 3.8) is 0 Å². The van der Waals surface area contributed by atoms with Gasteiger partial charge in [-0.15, -0.1) is 0 Å². The highest BCUT2D eigenvalue weighted by molar-refractivity contribution is 5.96. The van der Waals surface area contributed by atoms with Gasteiger partial charge in [0, 0.05) is 24.3 Å². The van der Waals surface area contributed by atoms with Crippen molar-refractivity contribution in [1.29, 1.82) is 0 Å². The minimum absolute atomic E-state index is 0.0556. The summed E-state index contributed by atoms with van der Waals surface area (Å²) in [7, 11) is 0. The predicted molar refractivity (Wildman–Crippen MR) is 106 cm³/mol. The van der Waals surface area contributed by atoms with Gasteiger partial charge in [-0.25, -0.2) is 0 Å². The molecule has 0 aliphatic carbocycles. The van der Waals surface area contributed by atoms with Crippen LogP contribution in [0.4, 0.5) is 5.69 Å². The molecule has 1 saturated heterocycles. The number of nitrogens with one attached hydrogen (secondary N) is 1. The van der Waals surface area contributed by atoms with E-state index in [1.54, 1.807) is 24.3 Å². The Labute approximate surface area is 160 Å². The van der Waals surface area contributed by atoms with Crippen molar-refractivity contribution in [3.05, 3.63) is 59.7 Å². The summed E-state index contributed by atoms with van der Waals surface area (Å²) < 4.78 is 5.51. The van der Waals surface area contributed by atoms with Crippen molar-refractivity contribution in [1.82, 2.24) is 4.90 Å². The van der Waals surface area contributed by atoms with Crippen molar-refractivity contribution in [3.8, 4) is 5.75 Å². The third-order valence-electron chi connectivity index (χ3n) is 4.76. The Morgan fingerprint density at radius 1 is 0.963 bits per heavy atom. The molecule has 0 unspecified atom stereocenters. The third-order valence-corrected chi connectivity index (χ3v) is 4.76. The first-order chi connectivity index (χ1) is 13.2. The molecule has 0 radical (unpaired) electrons. The van der Waals surface area contributed by atoms with E-state index in [1.165, 1.54) is 12.0 Å². The zero-order valence-corrected chi connectivity index (χ0v) is 15.7. The van der Waals surface area contributed by atoms with Crippen LogP contribution in [0, 0.1) is 0 Å². The van der Waals surface area contributed by atoms with Gasteiger partial charge in [0.1, 0.15) is 5.75 Å². The highest BCUT2D eigenvalue weighted by Crippen LogP contribution is 2.16. The van der Waals surface area contributed by atoms with Crippen LogP contribution >= 0.6 is 0 Å². The molecular weight excluding hydrogens is 340 g/mol. The second kappa shape index (κ2) is 9.21. The molecular formula is C22H26N2O3. The lowest BCUT2D eigenvalue weighted by Gasteiger charge is -2.26. The Morgan fingerprint density at radius 3 is 2.26 bits per heavy atom. The monoisotopic (exact) mass is 366 g/mol. The Morgan fingerprint density at radius 2 is 1.63 bits per heavy atom. The molecule has 2 amide bonds. The maximum Gasteiger partial charge on any atom is 0.262 e. The average molecular weight is 366 g/mol. The number of amides is 2. The normalized spacial score (nSPS) is 13.9. The summed E-state index contributed by atoms with van der Waals surface area (Å²) in [5, 5.41) is 2.79. The predicted octanol–water partition coefficient (Wildman–Crippen LogP) is 3.89. The standard InChI is InChI=1S/C22H26N2O3/c1-2-17-6-12-20(13-7-17)27-16-21(25)23-19-10-8-18(9-11-19)22(26)24-14-4-3-5-15-24/h6-13H,2-5,14-16H2,1H3,(H,23,25). The lowest BCUT2D eigenvalue weighted by Crippen LogP contribution is -2.35. The summed E-state index contributed by atoms with van der Waals surface area (Å²) >= 11 is 0. The quantitative estimate of drug-likeness (QED) is 0.844. The van der Waals surface area contributed by atoms with Gasteiger partial charge in [-0.2, -0.15) is 0 Å². The number of anilines is 1. The molecule has 5 heteroatoms. The summed E-state index contributed by atoms with van der Waals surface area (Å²) in [5.41, 5.74) is 2.54. The van der Waals surface area contributed by atoms with Gasteiger partial charge in [-0.1, -0.05) is 19.1 Å². The first kappa shape index (κ1) is 19.0. The van der Waals surface area contributed by atoms with E-state index < -0.39 is 0 Å². The number of hydrogen-bond acceptors (Lipinski definition) is 3. The Bertz CT molecular complexity index is 763. The van der Waals surface area contributed by atoms with Crippen molar-refractivity contribution < 1.29 is 14.3 Å². The molecule has 0 aromatic heterocycles. The maximum atomic E-state index is 12.5. The highest BCUT2D eigenvalue weighted by Gasteiger charge is 2.18. The summed E-state index contributed by atoms with van der Waals surface area (Å²) in [6.45, 7) is 3.69. The van der Waals surface area contributed by atoms with Crippen LogP contribution in [0.3, 0.4) is 0 Å². The number of aryl methyl sites for hydroxylation is 1. The van der Waals surface area contributed by atoms with Crippen LogP contribution in [0.2, 0.25) is 0 Å². The molecule has 1 aliphatic rings. The number of rotatable bonds is 6. The van der Waals surface area contributed by atoms with Crippen molar-refractivity contribution in [2.45, 2.75) is 32.6 Å². The van der Waals surface area contributed by atoms with Gasteiger partial charge >= 0.3 is 0 Å². The molecule has 1 N–H and O–H groups in total. The molecule has 1 aliphatic heterocycles. The molecule has 27 heavy (non-hydrogen) atoms. The van der Waals surface area contributed by atoms with Gasteiger partial charge < -0.3 is 15.0 Å². The molecule has 0 spiro atoms. The van der Waals surface area contributed by atoms with Crippen LogP contribution in [-0.2, 0) is 11.2 Å². The first-order valence-corrected chi connectivity index (χ1v) is 9.56. The summed E-state index contributed by atoms with van der Waals surface area (Å²) in [4.78, 5) is 26.4. The fourth-order valence-electron chi connectivity index (χ4n) is 3.14. The minimum atomic E-state index is -0.232. The van der Waals surface area contributed by atoms with Gasteiger partial charge in [0.05, 0.1) is 0 Å². The summed E-state index contributed by atoms with van der Waals surface area (Å²) in [5.74, 6) is 0.501. The first-order valence-electron chi connectivity index (χ1n) is 9.56. The smallest absolute Gasteiger partial charge is 0.262 e. The van der Waals surface area contributed by atoms with E-state index in [-0.39, 0.29) is 18.4 Å². The number of carbonyl (C=O) groups excluding carboxylic acids is 2. The highest BCUT2D eigenvalue weighted by atomic mass is 16.5. The number of piperidine rings is 1. The van der Waals surface area contributed by atoms with Crippen LogP contribution in [-0.4, -0.2) is 36.4 Å². The number of carbonyl (C=O) groups is 2. The van der Waals surface area contributed by atoms with Gasteiger partial charge in [-0.05, 0) is 67.6 Å². The second-order valence-corrected chi connectivity index (χ2v) is 6.76. The van der Waals surface area contributed by atoms with Gasteiger partial charge in [-0.3, -0.25) is 9.59 Å². The molecule has 1 fully saturated rings. The molecule has 5 nitrogen and oxygen atoms in total. The lowest BCUT2D eigenvalue weighted by atomic mass is 10.1. The zero-order chi connectivity index (χ0) is 19.1. The molecule has 0 atom stereocenters. The van der Waals surface area contributed by atoms with Crippen molar-refractivity contribution in [2.75, 3.05) is 25.0 Å². The largest absolute Gasteiger partial charge is 0.484 e. The van der Waals surface area contributed by atoms with E-state index in [4.69, 9.17) is 4.74 Å². The van der Waals surface area contributed by atoms with E-state index in [1.807, 2.05) is 29.2 Å². The summed E-state index contributed by atoms with van der Waals surface area (Å²) in [6, 6.07) is 14.8. The van der Waals surface area contributed by atoms with E-state index >= 15 is 0 Å². The molecule has 3 rings (SSSR count). The van der Waals surface area contributed by atoms with E-state index in [0.29, 0.717) is 17.0 Å².